The Kier molecular flexibility index (Phi) is 4.74. The zero-order valence-electron chi connectivity index (χ0n) is 16.5. The van der Waals surface area contributed by atoms with Gasteiger partial charge in [0.05, 0.1) is 12.6 Å². The van der Waals surface area contributed by atoms with Crippen LogP contribution in [0, 0.1) is 13.8 Å². The van der Waals surface area contributed by atoms with Crippen molar-refractivity contribution in [2.45, 2.75) is 32.7 Å². The Morgan fingerprint density at radius 2 is 1.81 bits per heavy atom. The molecule has 0 radical (unpaired) electrons. The predicted octanol–water partition coefficient (Wildman–Crippen LogP) is 3.76. The average Bonchev–Trinajstić information content (AvgIpc) is 3.03. The van der Waals surface area contributed by atoms with E-state index in [9.17, 15) is 0 Å². The van der Waals surface area contributed by atoms with Gasteiger partial charge in [0, 0.05) is 28.4 Å². The summed E-state index contributed by atoms with van der Waals surface area (Å²) in [5.74, 6) is 1.76. The van der Waals surface area contributed by atoms with Crippen LogP contribution >= 0.6 is 0 Å². The molecular formula is C21H27N5O. The van der Waals surface area contributed by atoms with Crippen molar-refractivity contribution in [3.63, 3.8) is 0 Å². The van der Waals surface area contributed by atoms with Gasteiger partial charge in [-0.25, -0.2) is 0 Å². The number of hydrogen-bond donors (Lipinski definition) is 2. The first kappa shape index (κ1) is 17.8. The van der Waals surface area contributed by atoms with E-state index in [0.717, 1.165) is 70.9 Å². The minimum absolute atomic E-state index is 0.462. The first-order chi connectivity index (χ1) is 13.0. The fourth-order valence-electron chi connectivity index (χ4n) is 3.89. The summed E-state index contributed by atoms with van der Waals surface area (Å²) in [6, 6.07) is 8.84. The molecule has 2 aromatic heterocycles. The Bertz CT molecular complexity index is 936. The van der Waals surface area contributed by atoms with Crippen LogP contribution in [0.2, 0.25) is 0 Å². The smallest absolute Gasteiger partial charge is 0.156 e. The van der Waals surface area contributed by atoms with Gasteiger partial charge in [0.2, 0.25) is 0 Å². The molecule has 1 fully saturated rings. The Hall–Kier alpha value is -2.60. The number of rotatable bonds is 4. The molecule has 0 aliphatic carbocycles. The number of H-pyrrole nitrogens is 1. The molecular weight excluding hydrogens is 338 g/mol. The molecule has 0 spiro atoms. The van der Waals surface area contributed by atoms with Crippen LogP contribution in [0.5, 0.6) is 5.75 Å². The van der Waals surface area contributed by atoms with E-state index in [4.69, 9.17) is 4.74 Å². The van der Waals surface area contributed by atoms with Crippen LogP contribution in [0.3, 0.4) is 0 Å². The number of fused-ring (bicyclic) bond motifs is 1. The highest BCUT2D eigenvalue weighted by atomic mass is 16.5. The van der Waals surface area contributed by atoms with Crippen LogP contribution in [0.4, 0.5) is 5.82 Å². The molecule has 3 heterocycles. The molecule has 0 atom stereocenters. The molecule has 27 heavy (non-hydrogen) atoms. The number of anilines is 1. The monoisotopic (exact) mass is 365 g/mol. The van der Waals surface area contributed by atoms with E-state index in [-0.39, 0.29) is 0 Å². The van der Waals surface area contributed by atoms with Gasteiger partial charge in [-0.2, -0.15) is 5.10 Å². The number of methoxy groups -OCH3 is 1. The van der Waals surface area contributed by atoms with Crippen LogP contribution in [0.25, 0.3) is 22.0 Å². The van der Waals surface area contributed by atoms with Gasteiger partial charge in [-0.1, -0.05) is 0 Å². The van der Waals surface area contributed by atoms with Crippen LogP contribution < -0.4 is 10.1 Å². The Morgan fingerprint density at radius 1 is 1.11 bits per heavy atom. The number of likely N-dealkylation sites (tertiary alicyclic amines) is 1. The lowest BCUT2D eigenvalue weighted by Crippen LogP contribution is -2.36. The number of benzene rings is 1. The second-order valence-corrected chi connectivity index (χ2v) is 7.53. The number of piperidine rings is 1. The number of aryl methyl sites for hydroxylation is 2. The zero-order chi connectivity index (χ0) is 19.0. The molecule has 6 nitrogen and oxygen atoms in total. The summed E-state index contributed by atoms with van der Waals surface area (Å²) in [7, 11) is 3.89. The molecule has 1 aliphatic rings. The zero-order valence-corrected chi connectivity index (χ0v) is 16.5. The van der Waals surface area contributed by atoms with E-state index in [1.54, 1.807) is 7.11 Å². The van der Waals surface area contributed by atoms with Gasteiger partial charge in [0.15, 0.2) is 5.82 Å². The van der Waals surface area contributed by atoms with Gasteiger partial charge >= 0.3 is 0 Å². The van der Waals surface area contributed by atoms with E-state index in [1.165, 1.54) is 0 Å². The average molecular weight is 365 g/mol. The van der Waals surface area contributed by atoms with Crippen molar-refractivity contribution in [1.29, 1.82) is 0 Å². The van der Waals surface area contributed by atoms with Gasteiger partial charge in [0.1, 0.15) is 5.75 Å². The van der Waals surface area contributed by atoms with Crippen molar-refractivity contribution in [3.8, 4) is 16.9 Å². The first-order valence-corrected chi connectivity index (χ1v) is 9.50. The van der Waals surface area contributed by atoms with Crippen molar-refractivity contribution in [3.05, 3.63) is 35.7 Å². The highest BCUT2D eigenvalue weighted by Crippen LogP contribution is 2.36. The fraction of sp³-hybridized carbons (Fsp3) is 0.429. The lowest BCUT2D eigenvalue weighted by atomic mass is 10.0. The molecule has 142 valence electrons. The normalized spacial score (nSPS) is 16.0. The minimum atomic E-state index is 0.462. The van der Waals surface area contributed by atoms with Crippen LogP contribution in [-0.4, -0.2) is 53.4 Å². The third-order valence-corrected chi connectivity index (χ3v) is 5.33. The summed E-state index contributed by atoms with van der Waals surface area (Å²) >= 11 is 0. The number of aromatic amines is 1. The van der Waals surface area contributed by atoms with Gasteiger partial charge in [-0.15, -0.1) is 0 Å². The molecule has 0 bridgehead atoms. The fourth-order valence-corrected chi connectivity index (χ4v) is 3.89. The second-order valence-electron chi connectivity index (χ2n) is 7.53. The summed E-state index contributed by atoms with van der Waals surface area (Å²) in [5, 5.41) is 12.4. The minimum Gasteiger partial charge on any atom is -0.496 e. The van der Waals surface area contributed by atoms with E-state index in [2.05, 4.69) is 56.7 Å². The highest BCUT2D eigenvalue weighted by Gasteiger charge is 2.19. The molecule has 1 aromatic carbocycles. The van der Waals surface area contributed by atoms with E-state index in [0.29, 0.717) is 6.04 Å². The van der Waals surface area contributed by atoms with Crippen molar-refractivity contribution >= 4 is 16.7 Å². The summed E-state index contributed by atoms with van der Waals surface area (Å²) in [4.78, 5) is 6.85. The van der Waals surface area contributed by atoms with Gasteiger partial charge < -0.3 is 15.0 Å². The van der Waals surface area contributed by atoms with Gasteiger partial charge in [-0.05, 0) is 76.7 Å². The third-order valence-electron chi connectivity index (χ3n) is 5.33. The maximum atomic E-state index is 5.72. The van der Waals surface area contributed by atoms with E-state index in [1.807, 2.05) is 13.8 Å². The predicted molar refractivity (Wildman–Crippen MR) is 109 cm³/mol. The molecule has 0 unspecified atom stereocenters. The Labute approximate surface area is 159 Å². The van der Waals surface area contributed by atoms with E-state index < -0.39 is 0 Å². The summed E-state index contributed by atoms with van der Waals surface area (Å²) in [6.45, 7) is 6.27. The maximum absolute atomic E-state index is 5.72. The number of nitrogens with zero attached hydrogens (tertiary/aromatic N) is 3. The summed E-state index contributed by atoms with van der Waals surface area (Å²) in [5.41, 5.74) is 5.17. The second kappa shape index (κ2) is 7.19. The lowest BCUT2D eigenvalue weighted by molar-refractivity contribution is 0.263. The lowest BCUT2D eigenvalue weighted by Gasteiger charge is -2.29. The molecule has 2 N–H and O–H groups in total. The summed E-state index contributed by atoms with van der Waals surface area (Å²) < 4.78 is 5.72. The Morgan fingerprint density at radius 3 is 2.48 bits per heavy atom. The quantitative estimate of drug-likeness (QED) is 0.737. The maximum Gasteiger partial charge on any atom is 0.156 e. The molecule has 6 heteroatoms. The standard InChI is InChI=1S/C21H27N5O/c1-13-9-15(10-14(2)22-13)17-11-19-18(12-20(17)27-4)21(25-24-19)23-16-5-7-26(3)8-6-16/h9-12,16H,5-8H2,1-4H3,(H2,23,24,25). The molecule has 1 saturated heterocycles. The van der Waals surface area contributed by atoms with Crippen LogP contribution in [0.15, 0.2) is 24.3 Å². The number of aromatic nitrogens is 3. The van der Waals surface area contributed by atoms with Gasteiger partial charge in [-0.3, -0.25) is 10.1 Å². The number of nitrogens with one attached hydrogen (secondary N) is 2. The molecule has 0 saturated carbocycles. The first-order valence-electron chi connectivity index (χ1n) is 9.50. The number of pyridine rings is 1. The molecule has 0 amide bonds. The largest absolute Gasteiger partial charge is 0.496 e. The van der Waals surface area contributed by atoms with E-state index >= 15 is 0 Å². The van der Waals surface area contributed by atoms with Crippen molar-refractivity contribution in [2.24, 2.45) is 0 Å². The van der Waals surface area contributed by atoms with Crippen molar-refractivity contribution in [2.75, 3.05) is 32.6 Å². The van der Waals surface area contributed by atoms with Crippen molar-refractivity contribution < 1.29 is 4.74 Å². The van der Waals surface area contributed by atoms with Crippen molar-refractivity contribution in [1.82, 2.24) is 20.1 Å². The third kappa shape index (κ3) is 3.62. The number of hydrogen-bond acceptors (Lipinski definition) is 5. The molecule has 3 aromatic rings. The van der Waals surface area contributed by atoms with Gasteiger partial charge in [0.25, 0.3) is 0 Å². The SMILES string of the molecule is COc1cc2c(NC3CCN(C)CC3)n[nH]c2cc1-c1cc(C)nc(C)c1. The highest BCUT2D eigenvalue weighted by molar-refractivity contribution is 5.95. The Balaban J connectivity index is 1.70. The summed E-state index contributed by atoms with van der Waals surface area (Å²) in [6.07, 6.45) is 2.27. The van der Waals surface area contributed by atoms with Crippen LogP contribution in [-0.2, 0) is 0 Å². The number of ether oxygens (including phenoxy) is 1. The molecule has 1 aliphatic heterocycles. The van der Waals surface area contributed by atoms with Crippen LogP contribution in [0.1, 0.15) is 24.2 Å². The topological polar surface area (TPSA) is 66.1 Å². The molecule has 4 rings (SSSR count).